The van der Waals surface area contributed by atoms with E-state index in [0.29, 0.717) is 11.7 Å². The summed E-state index contributed by atoms with van der Waals surface area (Å²) in [4.78, 5) is 0. The molecule has 0 rings (SSSR count). The van der Waals surface area contributed by atoms with Crippen LogP contribution in [0.15, 0.2) is 0 Å². The normalized spacial score (nSPS) is 16.5. The Labute approximate surface area is 80.3 Å². The Bertz CT molecular complexity index is 102. The average molecular weight is 192 g/mol. The summed E-state index contributed by atoms with van der Waals surface area (Å²) in [5.74, 6) is 1.94. The van der Waals surface area contributed by atoms with Gasteiger partial charge in [-0.2, -0.15) is 11.8 Å². The molecule has 0 fully saturated rings. The van der Waals surface area contributed by atoms with Crippen molar-refractivity contribution >= 4 is 11.8 Å². The Morgan fingerprint density at radius 2 is 1.75 bits per heavy atom. The number of hydrogen-bond acceptors (Lipinski definition) is 1. The number of thioether (sulfide) groups is 1. The number of hydrogen-bond donors (Lipinski definition) is 0. The van der Waals surface area contributed by atoms with Gasteiger partial charge >= 0.3 is 0 Å². The molecule has 0 spiro atoms. The Hall–Kier alpha value is 0.280. The molecule has 0 aromatic rings. The van der Waals surface area contributed by atoms with E-state index in [1.165, 1.54) is 12.2 Å². The van der Waals surface area contributed by atoms with Crippen molar-refractivity contribution in [2.24, 2.45) is 5.92 Å². The van der Waals surface area contributed by atoms with Gasteiger partial charge in [0, 0.05) is 5.25 Å². The van der Waals surface area contributed by atoms with Crippen LogP contribution in [0.1, 0.15) is 40.5 Å². The van der Waals surface area contributed by atoms with Gasteiger partial charge in [0.15, 0.2) is 0 Å². The Morgan fingerprint density at radius 3 is 2.17 bits per heavy atom. The van der Waals surface area contributed by atoms with Gasteiger partial charge in [0.2, 0.25) is 0 Å². The molecule has 2 atom stereocenters. The molecule has 0 aliphatic rings. The Kier molecular flexibility index (Phi) is 6.92. The van der Waals surface area contributed by atoms with Crippen LogP contribution in [0.3, 0.4) is 0 Å². The maximum atomic E-state index is 12.5. The van der Waals surface area contributed by atoms with E-state index in [0.717, 1.165) is 5.92 Å². The average Bonchev–Trinajstić information content (AvgIpc) is 1.84. The summed E-state index contributed by atoms with van der Waals surface area (Å²) in [5, 5.41) is 0.476. The molecule has 0 aromatic heterocycles. The van der Waals surface area contributed by atoms with Crippen LogP contribution in [0, 0.1) is 5.92 Å². The van der Waals surface area contributed by atoms with Gasteiger partial charge in [-0.3, -0.25) is 0 Å². The predicted molar refractivity (Wildman–Crippen MR) is 56.6 cm³/mol. The first-order valence-electron chi connectivity index (χ1n) is 4.78. The quantitative estimate of drug-likeness (QED) is 0.615. The summed E-state index contributed by atoms with van der Waals surface area (Å²) >= 11 is 1.89. The first kappa shape index (κ1) is 12.3. The molecule has 0 nitrogen and oxygen atoms in total. The summed E-state index contributed by atoms with van der Waals surface area (Å²) in [6.07, 6.45) is 1.30. The number of rotatable bonds is 6. The van der Waals surface area contributed by atoms with Crippen LogP contribution in [-0.4, -0.2) is 17.2 Å². The second kappa shape index (κ2) is 6.76. The van der Waals surface area contributed by atoms with E-state index in [2.05, 4.69) is 20.8 Å². The van der Waals surface area contributed by atoms with Crippen LogP contribution in [0.5, 0.6) is 0 Å². The fourth-order valence-electron chi connectivity index (χ4n) is 1.03. The molecule has 0 saturated heterocycles. The van der Waals surface area contributed by atoms with Gasteiger partial charge in [0.1, 0.15) is 0 Å². The lowest BCUT2D eigenvalue weighted by Gasteiger charge is -2.12. The Balaban J connectivity index is 3.25. The van der Waals surface area contributed by atoms with Crippen molar-refractivity contribution in [2.45, 2.75) is 52.0 Å². The van der Waals surface area contributed by atoms with Crippen molar-refractivity contribution in [3.8, 4) is 0 Å². The summed E-state index contributed by atoms with van der Waals surface area (Å²) in [6, 6.07) is 0. The summed E-state index contributed by atoms with van der Waals surface area (Å²) in [7, 11) is 0. The van der Waals surface area contributed by atoms with Gasteiger partial charge in [-0.05, 0) is 31.4 Å². The molecule has 0 radical (unpaired) electrons. The highest BCUT2D eigenvalue weighted by molar-refractivity contribution is 7.99. The second-order valence-electron chi connectivity index (χ2n) is 3.88. The van der Waals surface area contributed by atoms with E-state index in [-0.39, 0.29) is 0 Å². The third-order valence-corrected chi connectivity index (χ3v) is 2.99. The number of alkyl halides is 1. The fraction of sp³-hybridized carbons (Fsp3) is 1.00. The lowest BCUT2D eigenvalue weighted by Crippen LogP contribution is -2.05. The van der Waals surface area contributed by atoms with Crippen molar-refractivity contribution < 1.29 is 4.39 Å². The molecule has 0 saturated carbocycles. The molecule has 0 bridgehead atoms. The minimum atomic E-state index is -0.647. The molecule has 0 amide bonds. The summed E-state index contributed by atoms with van der Waals surface area (Å²) in [5.41, 5.74) is 0. The zero-order valence-corrected chi connectivity index (χ0v) is 9.46. The van der Waals surface area contributed by atoms with Gasteiger partial charge in [-0.15, -0.1) is 0 Å². The largest absolute Gasteiger partial charge is 0.248 e. The van der Waals surface area contributed by atoms with Crippen molar-refractivity contribution in [3.63, 3.8) is 0 Å². The molecular weight excluding hydrogens is 171 g/mol. The maximum absolute atomic E-state index is 12.5. The standard InChI is InChI=1S/C10H21FS/c1-8(2)5-6-12-10(4)7-9(3)11/h8-10H,5-7H2,1-4H3. The zero-order chi connectivity index (χ0) is 9.56. The van der Waals surface area contributed by atoms with Crippen molar-refractivity contribution in [3.05, 3.63) is 0 Å². The maximum Gasteiger partial charge on any atom is 0.0984 e. The molecule has 0 N–H and O–H groups in total. The van der Waals surface area contributed by atoms with E-state index in [1.54, 1.807) is 6.92 Å². The van der Waals surface area contributed by atoms with E-state index in [4.69, 9.17) is 0 Å². The first-order chi connectivity index (χ1) is 5.52. The molecule has 2 unspecified atom stereocenters. The topological polar surface area (TPSA) is 0 Å². The highest BCUT2D eigenvalue weighted by Crippen LogP contribution is 2.19. The van der Waals surface area contributed by atoms with Gasteiger partial charge in [0.25, 0.3) is 0 Å². The first-order valence-corrected chi connectivity index (χ1v) is 5.83. The highest BCUT2D eigenvalue weighted by Gasteiger charge is 2.07. The molecular formula is C10H21FS. The third-order valence-electron chi connectivity index (χ3n) is 1.75. The zero-order valence-electron chi connectivity index (χ0n) is 8.64. The fourth-order valence-corrected chi connectivity index (χ4v) is 2.44. The molecule has 74 valence electrons. The van der Waals surface area contributed by atoms with E-state index >= 15 is 0 Å². The highest BCUT2D eigenvalue weighted by atomic mass is 32.2. The van der Waals surface area contributed by atoms with Gasteiger partial charge in [-0.25, -0.2) is 4.39 Å². The van der Waals surface area contributed by atoms with E-state index in [9.17, 15) is 4.39 Å². The molecule has 0 aliphatic carbocycles. The number of halogens is 1. The lowest BCUT2D eigenvalue weighted by atomic mass is 10.2. The van der Waals surface area contributed by atoms with Gasteiger partial charge < -0.3 is 0 Å². The predicted octanol–water partition coefficient (Wildman–Crippen LogP) is 3.90. The summed E-state index contributed by atoms with van der Waals surface area (Å²) in [6.45, 7) is 8.20. The van der Waals surface area contributed by atoms with E-state index < -0.39 is 6.17 Å². The minimum absolute atomic E-state index is 0.476. The molecule has 2 heteroatoms. The van der Waals surface area contributed by atoms with Crippen LogP contribution in [0.2, 0.25) is 0 Å². The van der Waals surface area contributed by atoms with Crippen LogP contribution in [-0.2, 0) is 0 Å². The minimum Gasteiger partial charge on any atom is -0.248 e. The van der Waals surface area contributed by atoms with Gasteiger partial charge in [-0.1, -0.05) is 20.8 Å². The van der Waals surface area contributed by atoms with Crippen molar-refractivity contribution in [1.82, 2.24) is 0 Å². The molecule has 0 aliphatic heterocycles. The molecule has 0 heterocycles. The smallest absolute Gasteiger partial charge is 0.0984 e. The van der Waals surface area contributed by atoms with E-state index in [1.807, 2.05) is 11.8 Å². The van der Waals surface area contributed by atoms with Crippen LogP contribution in [0.4, 0.5) is 4.39 Å². The molecule has 0 aromatic carbocycles. The van der Waals surface area contributed by atoms with Crippen molar-refractivity contribution in [1.29, 1.82) is 0 Å². The van der Waals surface area contributed by atoms with Crippen LogP contribution >= 0.6 is 11.8 Å². The summed E-state index contributed by atoms with van der Waals surface area (Å²) < 4.78 is 12.5. The SMILES string of the molecule is CC(C)CCSC(C)CC(C)F. The second-order valence-corrected chi connectivity index (χ2v) is 5.43. The Morgan fingerprint density at radius 1 is 1.17 bits per heavy atom. The monoisotopic (exact) mass is 192 g/mol. The van der Waals surface area contributed by atoms with Crippen LogP contribution < -0.4 is 0 Å². The van der Waals surface area contributed by atoms with Crippen LogP contribution in [0.25, 0.3) is 0 Å². The third kappa shape index (κ3) is 8.38. The van der Waals surface area contributed by atoms with Crippen molar-refractivity contribution in [2.75, 3.05) is 5.75 Å². The lowest BCUT2D eigenvalue weighted by molar-refractivity contribution is 0.342. The molecule has 12 heavy (non-hydrogen) atoms. The van der Waals surface area contributed by atoms with Gasteiger partial charge in [0.05, 0.1) is 6.17 Å².